The zero-order chi connectivity index (χ0) is 16.8. The summed E-state index contributed by atoms with van der Waals surface area (Å²) < 4.78 is 5.07. The maximum absolute atomic E-state index is 11.7. The molecule has 1 rings (SSSR count). The molecule has 0 spiro atoms. The number of anilines is 1. The lowest BCUT2D eigenvalue weighted by atomic mass is 9.96. The van der Waals surface area contributed by atoms with Gasteiger partial charge in [-0.15, -0.1) is 24.0 Å². The average Bonchev–Trinajstić information content (AvgIpc) is 2.42. The zero-order valence-electron chi connectivity index (χ0n) is 13.8. The van der Waals surface area contributed by atoms with Crippen LogP contribution in [0.5, 0.6) is 5.75 Å². The highest BCUT2D eigenvalue weighted by molar-refractivity contribution is 14.0. The first-order chi connectivity index (χ1) is 10.2. The van der Waals surface area contributed by atoms with Gasteiger partial charge in [-0.25, -0.2) is 0 Å². The van der Waals surface area contributed by atoms with Crippen molar-refractivity contribution in [1.29, 1.82) is 0 Å². The minimum absolute atomic E-state index is 0. The van der Waals surface area contributed by atoms with Gasteiger partial charge in [-0.05, 0) is 18.2 Å². The Morgan fingerprint density at radius 3 is 2.57 bits per heavy atom. The maximum atomic E-state index is 11.7. The summed E-state index contributed by atoms with van der Waals surface area (Å²) in [5, 5.41) is 6.21. The highest BCUT2D eigenvalue weighted by atomic mass is 127. The van der Waals surface area contributed by atoms with E-state index in [4.69, 9.17) is 22.1 Å². The van der Waals surface area contributed by atoms with Gasteiger partial charge in [0.25, 0.3) is 0 Å². The van der Waals surface area contributed by atoms with Gasteiger partial charge in [0.05, 0.1) is 18.7 Å². The number of nitrogens with two attached hydrogens (primary N) is 1. The lowest BCUT2D eigenvalue weighted by Gasteiger charge is -2.17. The molecule has 0 aliphatic carbocycles. The molecule has 4 N–H and O–H groups in total. The number of aliphatic imine (C=N–C) groups is 1. The van der Waals surface area contributed by atoms with Crippen LogP contribution in [0, 0.1) is 5.41 Å². The van der Waals surface area contributed by atoms with Gasteiger partial charge in [0, 0.05) is 17.6 Å². The Balaban J connectivity index is 0.00000484. The van der Waals surface area contributed by atoms with Gasteiger partial charge in [0.2, 0.25) is 5.91 Å². The van der Waals surface area contributed by atoms with Crippen LogP contribution < -0.4 is 21.1 Å². The minimum Gasteiger partial charge on any atom is -0.495 e. The molecule has 1 aromatic carbocycles. The standard InChI is InChI=1S/C15H23ClN4O2.HI/c1-15(2,3)13(21)18-7-8-19-14(17)20-10-5-6-12(22-4)11(16)9-10;/h5-6,9H,7-8H2,1-4H3,(H,18,21)(H3,17,19,20);1H. The molecule has 8 heteroatoms. The first kappa shape index (κ1) is 21.8. The van der Waals surface area contributed by atoms with E-state index in [-0.39, 0.29) is 35.8 Å². The Hall–Kier alpha value is -1.22. The van der Waals surface area contributed by atoms with E-state index in [2.05, 4.69) is 15.6 Å². The number of guanidine groups is 1. The minimum atomic E-state index is -0.409. The molecule has 0 fully saturated rings. The number of rotatable bonds is 5. The van der Waals surface area contributed by atoms with E-state index in [1.807, 2.05) is 20.8 Å². The van der Waals surface area contributed by atoms with Crippen molar-refractivity contribution in [3.63, 3.8) is 0 Å². The second-order valence-electron chi connectivity index (χ2n) is 5.75. The fourth-order valence-electron chi connectivity index (χ4n) is 1.54. The SMILES string of the molecule is COc1ccc(NC(N)=NCCNC(=O)C(C)(C)C)cc1Cl.I. The van der Waals surface area contributed by atoms with Gasteiger partial charge in [0.1, 0.15) is 5.75 Å². The number of amides is 1. The van der Waals surface area contributed by atoms with E-state index in [0.29, 0.717) is 29.5 Å². The Morgan fingerprint density at radius 2 is 2.04 bits per heavy atom. The molecular weight excluding hydrogens is 431 g/mol. The number of methoxy groups -OCH3 is 1. The highest BCUT2D eigenvalue weighted by Crippen LogP contribution is 2.26. The lowest BCUT2D eigenvalue weighted by molar-refractivity contribution is -0.128. The normalized spacial score (nSPS) is 11.4. The van der Waals surface area contributed by atoms with Crippen molar-refractivity contribution < 1.29 is 9.53 Å². The lowest BCUT2D eigenvalue weighted by Crippen LogP contribution is -2.36. The van der Waals surface area contributed by atoms with Crippen LogP contribution in [0.4, 0.5) is 5.69 Å². The van der Waals surface area contributed by atoms with Gasteiger partial charge in [0.15, 0.2) is 5.96 Å². The van der Waals surface area contributed by atoms with E-state index in [9.17, 15) is 4.79 Å². The molecule has 0 aromatic heterocycles. The number of carbonyl (C=O) groups is 1. The molecule has 0 radical (unpaired) electrons. The topological polar surface area (TPSA) is 88.7 Å². The van der Waals surface area contributed by atoms with Crippen LogP contribution >= 0.6 is 35.6 Å². The number of hydrogen-bond donors (Lipinski definition) is 3. The summed E-state index contributed by atoms with van der Waals surface area (Å²) in [5.74, 6) is 0.829. The number of ether oxygens (including phenoxy) is 1. The quantitative estimate of drug-likeness (QED) is 0.276. The van der Waals surface area contributed by atoms with E-state index >= 15 is 0 Å². The molecule has 0 aliphatic heterocycles. The monoisotopic (exact) mass is 454 g/mol. The molecule has 0 atom stereocenters. The summed E-state index contributed by atoms with van der Waals surface area (Å²) in [7, 11) is 1.55. The average molecular weight is 455 g/mol. The molecule has 23 heavy (non-hydrogen) atoms. The summed E-state index contributed by atoms with van der Waals surface area (Å²) >= 11 is 6.02. The molecule has 130 valence electrons. The van der Waals surface area contributed by atoms with Crippen molar-refractivity contribution in [2.24, 2.45) is 16.1 Å². The summed E-state index contributed by atoms with van der Waals surface area (Å²) in [5.41, 5.74) is 6.09. The van der Waals surface area contributed by atoms with Crippen LogP contribution in [0.2, 0.25) is 5.02 Å². The van der Waals surface area contributed by atoms with E-state index in [0.717, 1.165) is 0 Å². The number of benzene rings is 1. The van der Waals surface area contributed by atoms with Crippen molar-refractivity contribution in [3.8, 4) is 5.75 Å². The molecular formula is C15H24ClIN4O2. The fourth-order valence-corrected chi connectivity index (χ4v) is 1.80. The molecule has 1 amide bonds. The Kier molecular flexibility index (Phi) is 9.29. The van der Waals surface area contributed by atoms with E-state index in [1.54, 1.807) is 25.3 Å². The molecule has 0 saturated carbocycles. The first-order valence-electron chi connectivity index (χ1n) is 6.93. The molecule has 0 unspecified atom stereocenters. The van der Waals surface area contributed by atoms with Crippen LogP contribution in [0.25, 0.3) is 0 Å². The third-order valence-electron chi connectivity index (χ3n) is 2.78. The van der Waals surface area contributed by atoms with E-state index < -0.39 is 5.41 Å². The van der Waals surface area contributed by atoms with Crippen LogP contribution in [0.15, 0.2) is 23.2 Å². The maximum Gasteiger partial charge on any atom is 0.225 e. The molecule has 1 aromatic rings. The Bertz CT molecular complexity index is 559. The van der Waals surface area contributed by atoms with Gasteiger partial charge in [-0.1, -0.05) is 32.4 Å². The van der Waals surface area contributed by atoms with Crippen LogP contribution in [-0.4, -0.2) is 32.1 Å². The second-order valence-corrected chi connectivity index (χ2v) is 6.15. The fraction of sp³-hybridized carbons (Fsp3) is 0.467. The predicted octanol–water partition coefficient (Wildman–Crippen LogP) is 2.86. The summed E-state index contributed by atoms with van der Waals surface area (Å²) in [4.78, 5) is 15.8. The second kappa shape index (κ2) is 9.82. The number of nitrogens with one attached hydrogen (secondary N) is 2. The van der Waals surface area contributed by atoms with Crippen molar-refractivity contribution in [3.05, 3.63) is 23.2 Å². The van der Waals surface area contributed by atoms with Gasteiger partial charge < -0.3 is 21.1 Å². The van der Waals surface area contributed by atoms with Gasteiger partial charge >= 0.3 is 0 Å². The van der Waals surface area contributed by atoms with Gasteiger partial charge in [-0.3, -0.25) is 9.79 Å². The highest BCUT2D eigenvalue weighted by Gasteiger charge is 2.20. The smallest absolute Gasteiger partial charge is 0.225 e. The number of halogens is 2. The third kappa shape index (κ3) is 7.74. The van der Waals surface area contributed by atoms with Crippen molar-refractivity contribution in [1.82, 2.24) is 5.32 Å². The number of hydrogen-bond acceptors (Lipinski definition) is 3. The van der Waals surface area contributed by atoms with Crippen molar-refractivity contribution >= 4 is 53.1 Å². The van der Waals surface area contributed by atoms with Gasteiger partial charge in [-0.2, -0.15) is 0 Å². The third-order valence-corrected chi connectivity index (χ3v) is 3.08. The van der Waals surface area contributed by atoms with Crippen molar-refractivity contribution in [2.45, 2.75) is 20.8 Å². The van der Waals surface area contributed by atoms with Crippen LogP contribution in [-0.2, 0) is 4.79 Å². The largest absolute Gasteiger partial charge is 0.495 e. The number of nitrogens with zero attached hydrogens (tertiary/aromatic N) is 1. The first-order valence-corrected chi connectivity index (χ1v) is 7.30. The van der Waals surface area contributed by atoms with Crippen LogP contribution in [0.3, 0.4) is 0 Å². The summed E-state index contributed by atoms with van der Waals surface area (Å²) in [6, 6.07) is 5.22. The molecule has 0 saturated heterocycles. The van der Waals surface area contributed by atoms with Crippen LogP contribution in [0.1, 0.15) is 20.8 Å². The summed E-state index contributed by atoms with van der Waals surface area (Å²) in [6.45, 7) is 6.39. The summed E-state index contributed by atoms with van der Waals surface area (Å²) in [6.07, 6.45) is 0. The number of carbonyl (C=O) groups excluding carboxylic acids is 1. The Labute approximate surface area is 159 Å². The Morgan fingerprint density at radius 1 is 1.39 bits per heavy atom. The van der Waals surface area contributed by atoms with E-state index in [1.165, 1.54) is 0 Å². The van der Waals surface area contributed by atoms with Crippen molar-refractivity contribution in [2.75, 3.05) is 25.5 Å². The molecule has 0 bridgehead atoms. The predicted molar refractivity (Wildman–Crippen MR) is 106 cm³/mol. The molecule has 0 aliphatic rings. The molecule has 6 nitrogen and oxygen atoms in total. The zero-order valence-corrected chi connectivity index (χ0v) is 16.9. The molecule has 0 heterocycles.